The third-order valence-electron chi connectivity index (χ3n) is 3.04. The molecule has 4 nitrogen and oxygen atoms in total. The van der Waals surface area contributed by atoms with Gasteiger partial charge >= 0.3 is 0 Å². The fraction of sp³-hybridized carbons (Fsp3) is 0.333. The highest BCUT2D eigenvalue weighted by Crippen LogP contribution is 2.22. The van der Waals surface area contributed by atoms with Gasteiger partial charge in [0, 0.05) is 10.5 Å². The summed E-state index contributed by atoms with van der Waals surface area (Å²) in [5, 5.41) is 3.35. The quantitative estimate of drug-likeness (QED) is 0.865. The second-order valence-corrected chi connectivity index (χ2v) is 5.49. The summed E-state index contributed by atoms with van der Waals surface area (Å²) in [5.41, 5.74) is 1.72. The number of rotatable bonds is 6. The van der Waals surface area contributed by atoms with Gasteiger partial charge in [-0.3, -0.25) is 0 Å². The van der Waals surface area contributed by atoms with Crippen LogP contribution in [0.25, 0.3) is 0 Å². The zero-order valence-corrected chi connectivity index (χ0v) is 13.5. The Balaban J connectivity index is 2.25. The van der Waals surface area contributed by atoms with Gasteiger partial charge in [-0.05, 0) is 36.7 Å². The summed E-state index contributed by atoms with van der Waals surface area (Å²) in [6.07, 6.45) is 2.10. The van der Waals surface area contributed by atoms with Crippen LogP contribution in [0.4, 0.5) is 4.39 Å². The Kier molecular flexibility index (Phi) is 5.64. The van der Waals surface area contributed by atoms with Crippen LogP contribution in [0.1, 0.15) is 24.2 Å². The van der Waals surface area contributed by atoms with Gasteiger partial charge in [0.25, 0.3) is 0 Å². The van der Waals surface area contributed by atoms with Crippen molar-refractivity contribution in [3.63, 3.8) is 0 Å². The molecule has 1 aromatic heterocycles. The number of aromatic nitrogens is 2. The van der Waals surface area contributed by atoms with Crippen molar-refractivity contribution in [3.05, 3.63) is 52.1 Å². The average Bonchev–Trinajstić information content (AvgIpc) is 2.46. The molecule has 0 aliphatic heterocycles. The molecule has 0 radical (unpaired) electrons. The largest absolute Gasteiger partial charge is 0.481 e. The Morgan fingerprint density at radius 2 is 2.10 bits per heavy atom. The van der Waals surface area contributed by atoms with Crippen LogP contribution in [-0.4, -0.2) is 23.6 Å². The van der Waals surface area contributed by atoms with E-state index in [0.717, 1.165) is 22.3 Å². The van der Waals surface area contributed by atoms with Crippen LogP contribution in [0.5, 0.6) is 5.88 Å². The summed E-state index contributed by atoms with van der Waals surface area (Å²) in [6, 6.07) is 6.65. The Hall–Kier alpha value is -1.53. The molecular weight excluding hydrogens is 337 g/mol. The van der Waals surface area contributed by atoms with Gasteiger partial charge in [-0.2, -0.15) is 0 Å². The Morgan fingerprint density at radius 3 is 2.76 bits per heavy atom. The summed E-state index contributed by atoms with van der Waals surface area (Å²) in [6.45, 7) is 2.81. The number of nitrogens with zero attached hydrogens (tertiary/aromatic N) is 2. The minimum atomic E-state index is -0.255. The van der Waals surface area contributed by atoms with Crippen LogP contribution >= 0.6 is 15.9 Å². The molecule has 1 atom stereocenters. The molecule has 0 saturated heterocycles. The first-order chi connectivity index (χ1) is 10.1. The van der Waals surface area contributed by atoms with E-state index in [1.807, 2.05) is 13.0 Å². The number of nitrogens with one attached hydrogen (secondary N) is 1. The van der Waals surface area contributed by atoms with Gasteiger partial charge in [-0.1, -0.05) is 22.9 Å². The molecule has 0 bridgehead atoms. The van der Waals surface area contributed by atoms with Crippen LogP contribution in [0.2, 0.25) is 0 Å². The maximum atomic E-state index is 13.5. The average molecular weight is 354 g/mol. The Morgan fingerprint density at radius 1 is 1.29 bits per heavy atom. The molecule has 0 aliphatic rings. The van der Waals surface area contributed by atoms with Gasteiger partial charge in [0.2, 0.25) is 5.88 Å². The highest BCUT2D eigenvalue weighted by Gasteiger charge is 2.15. The number of hydrogen-bond acceptors (Lipinski definition) is 4. The molecule has 6 heteroatoms. The lowest BCUT2D eigenvalue weighted by molar-refractivity contribution is 0.393. The van der Waals surface area contributed by atoms with Crippen molar-refractivity contribution in [3.8, 4) is 5.88 Å². The van der Waals surface area contributed by atoms with Crippen molar-refractivity contribution in [2.75, 3.05) is 13.7 Å². The second kappa shape index (κ2) is 7.47. The highest BCUT2D eigenvalue weighted by atomic mass is 79.9. The molecule has 1 heterocycles. The molecule has 1 N–H and O–H groups in total. The van der Waals surface area contributed by atoms with Crippen molar-refractivity contribution < 1.29 is 9.13 Å². The molecule has 21 heavy (non-hydrogen) atoms. The summed E-state index contributed by atoms with van der Waals surface area (Å²) >= 11 is 3.31. The van der Waals surface area contributed by atoms with Gasteiger partial charge in [-0.15, -0.1) is 0 Å². The summed E-state index contributed by atoms with van der Waals surface area (Å²) < 4.78 is 19.3. The van der Waals surface area contributed by atoms with Crippen molar-refractivity contribution in [1.82, 2.24) is 15.3 Å². The molecular formula is C15H17BrFN3O. The number of hydrogen-bond donors (Lipinski definition) is 1. The van der Waals surface area contributed by atoms with Crippen LogP contribution in [0.3, 0.4) is 0 Å². The summed E-state index contributed by atoms with van der Waals surface area (Å²) in [5.74, 6) is 0.262. The normalized spacial score (nSPS) is 12.2. The van der Waals surface area contributed by atoms with E-state index in [1.54, 1.807) is 13.2 Å². The minimum absolute atomic E-state index is 0.0272. The molecule has 2 rings (SSSR count). The number of ether oxygens (including phenoxy) is 1. The maximum Gasteiger partial charge on any atom is 0.216 e. The number of likely N-dealkylation sites (N-methyl/N-ethyl adjacent to an activating group) is 1. The smallest absolute Gasteiger partial charge is 0.216 e. The summed E-state index contributed by atoms with van der Waals surface area (Å²) in [4.78, 5) is 8.30. The van der Waals surface area contributed by atoms with Gasteiger partial charge in [0.1, 0.15) is 12.1 Å². The molecule has 0 amide bonds. The molecule has 1 aromatic carbocycles. The lowest BCUT2D eigenvalue weighted by Gasteiger charge is -2.18. The lowest BCUT2D eigenvalue weighted by atomic mass is 10.0. The SMILES string of the molecule is CCNC(Cc1cc(F)cc(Br)c1)c1cc(OC)ncn1. The standard InChI is InChI=1S/C15H17BrFN3O/c1-3-18-13(14-8-15(21-2)20-9-19-14)6-10-4-11(16)7-12(17)5-10/h4-5,7-9,13,18H,3,6H2,1-2H3. The van der Waals surface area contributed by atoms with Gasteiger partial charge in [0.05, 0.1) is 18.8 Å². The molecule has 1 unspecified atom stereocenters. The Labute approximate surface area is 131 Å². The van der Waals surface area contributed by atoms with E-state index in [4.69, 9.17) is 4.74 Å². The Bertz CT molecular complexity index is 589. The van der Waals surface area contributed by atoms with E-state index in [0.29, 0.717) is 12.3 Å². The van der Waals surface area contributed by atoms with Crippen molar-refractivity contribution in [2.45, 2.75) is 19.4 Å². The third kappa shape index (κ3) is 4.47. The van der Waals surface area contributed by atoms with Crippen molar-refractivity contribution in [2.24, 2.45) is 0 Å². The number of benzene rings is 1. The maximum absolute atomic E-state index is 13.5. The highest BCUT2D eigenvalue weighted by molar-refractivity contribution is 9.10. The van der Waals surface area contributed by atoms with E-state index in [-0.39, 0.29) is 11.9 Å². The zero-order valence-electron chi connectivity index (χ0n) is 11.9. The minimum Gasteiger partial charge on any atom is -0.481 e. The third-order valence-corrected chi connectivity index (χ3v) is 3.50. The first-order valence-electron chi connectivity index (χ1n) is 6.66. The van der Waals surface area contributed by atoms with Crippen LogP contribution < -0.4 is 10.1 Å². The van der Waals surface area contributed by atoms with Gasteiger partial charge in [-0.25, -0.2) is 14.4 Å². The zero-order chi connectivity index (χ0) is 15.2. The van der Waals surface area contributed by atoms with Crippen LogP contribution in [0, 0.1) is 5.82 Å². The second-order valence-electron chi connectivity index (χ2n) is 4.58. The predicted octanol–water partition coefficient (Wildman–Crippen LogP) is 3.28. The van der Waals surface area contributed by atoms with Gasteiger partial charge < -0.3 is 10.1 Å². The summed E-state index contributed by atoms with van der Waals surface area (Å²) in [7, 11) is 1.57. The van der Waals surface area contributed by atoms with Gasteiger partial charge in [0.15, 0.2) is 0 Å². The molecule has 112 valence electrons. The van der Waals surface area contributed by atoms with Crippen LogP contribution in [0.15, 0.2) is 35.1 Å². The predicted molar refractivity (Wildman–Crippen MR) is 82.8 cm³/mol. The first kappa shape index (κ1) is 15.9. The molecule has 0 spiro atoms. The fourth-order valence-electron chi connectivity index (χ4n) is 2.15. The monoisotopic (exact) mass is 353 g/mol. The lowest BCUT2D eigenvalue weighted by Crippen LogP contribution is -2.24. The van der Waals surface area contributed by atoms with Crippen molar-refractivity contribution >= 4 is 15.9 Å². The topological polar surface area (TPSA) is 47.0 Å². The van der Waals surface area contributed by atoms with E-state index >= 15 is 0 Å². The van der Waals surface area contributed by atoms with E-state index < -0.39 is 0 Å². The van der Waals surface area contributed by atoms with Crippen molar-refractivity contribution in [1.29, 1.82) is 0 Å². The number of halogens is 2. The number of methoxy groups -OCH3 is 1. The molecule has 0 fully saturated rings. The first-order valence-corrected chi connectivity index (χ1v) is 7.46. The molecule has 0 saturated carbocycles. The van der Waals surface area contributed by atoms with E-state index in [9.17, 15) is 4.39 Å². The molecule has 0 aliphatic carbocycles. The fourth-order valence-corrected chi connectivity index (χ4v) is 2.66. The van der Waals surface area contributed by atoms with E-state index in [2.05, 4.69) is 31.2 Å². The van der Waals surface area contributed by atoms with Crippen LogP contribution in [-0.2, 0) is 6.42 Å². The van der Waals surface area contributed by atoms with E-state index in [1.165, 1.54) is 18.5 Å². The molecule has 2 aromatic rings.